The van der Waals surface area contributed by atoms with Crippen LogP contribution in [-0.4, -0.2) is 43.4 Å². The van der Waals surface area contributed by atoms with Crippen molar-refractivity contribution in [1.29, 1.82) is 0 Å². The standard InChI is InChI=1S/C46H39N3O4S4/c1-2-47-44(53)42(57-46(47)54)45-48(27-41(50)51)43(52)40(56-45)26-33-21-23-39(55-33)31-18-22-38-36(25-31)34-14-9-15-37(34)49(38)32-19-16-28(17-20-32)24-35(29-10-5-3-6-11-29)30-12-7-4-8-13-30/h3-8,10-13,16-23,25-26,34-35,37H,2,9,14-15,24,27H2,1H3,(H,50,51). The number of amides is 1. The summed E-state index contributed by atoms with van der Waals surface area (Å²) in [7, 11) is 0. The van der Waals surface area contributed by atoms with Crippen molar-refractivity contribution in [1.82, 2.24) is 9.47 Å². The third-order valence-electron chi connectivity index (χ3n) is 11.3. The number of carbonyl (C=O) groups is 2. The van der Waals surface area contributed by atoms with E-state index in [2.05, 4.69) is 114 Å². The van der Waals surface area contributed by atoms with Crippen molar-refractivity contribution in [2.45, 2.75) is 57.0 Å². The fourth-order valence-corrected chi connectivity index (χ4v) is 12.3. The third kappa shape index (κ3) is 7.11. The van der Waals surface area contributed by atoms with Gasteiger partial charge in [-0.1, -0.05) is 109 Å². The van der Waals surface area contributed by atoms with E-state index in [4.69, 9.17) is 12.2 Å². The number of thioether (sulfide) groups is 1. The number of benzene rings is 4. The number of carboxylic acids is 1. The maximum Gasteiger partial charge on any atom is 0.323 e. The van der Waals surface area contributed by atoms with Gasteiger partial charge < -0.3 is 10.0 Å². The molecular formula is C46H39N3O4S4. The van der Waals surface area contributed by atoms with Crippen LogP contribution in [-0.2, 0) is 22.6 Å². The number of hydrogen-bond donors (Lipinski definition) is 1. The molecule has 0 spiro atoms. The largest absolute Gasteiger partial charge is 0.480 e. The molecule has 6 aromatic rings. The minimum absolute atomic E-state index is 0.282. The van der Waals surface area contributed by atoms with Crippen molar-refractivity contribution in [2.75, 3.05) is 11.4 Å². The monoisotopic (exact) mass is 825 g/mol. The van der Waals surface area contributed by atoms with Gasteiger partial charge in [-0.05, 0) is 96.5 Å². The van der Waals surface area contributed by atoms with Gasteiger partial charge in [0.2, 0.25) is 0 Å². The summed E-state index contributed by atoms with van der Waals surface area (Å²) < 4.78 is 2.28. The van der Waals surface area contributed by atoms with Crippen LogP contribution >= 0.6 is 46.7 Å². The molecule has 2 aromatic heterocycles. The van der Waals surface area contributed by atoms with Crippen molar-refractivity contribution < 1.29 is 14.7 Å². The highest BCUT2D eigenvalue weighted by molar-refractivity contribution is 8.30. The number of nitrogens with zero attached hydrogens (tertiary/aromatic N) is 3. The molecule has 57 heavy (non-hydrogen) atoms. The topological polar surface area (TPSA) is 82.9 Å². The first-order chi connectivity index (χ1) is 27.8. The van der Waals surface area contributed by atoms with Crippen LogP contribution in [0.1, 0.15) is 65.2 Å². The maximum absolute atomic E-state index is 13.6. The van der Waals surface area contributed by atoms with Crippen molar-refractivity contribution in [2.24, 2.45) is 0 Å². The van der Waals surface area contributed by atoms with Crippen LogP contribution in [0.25, 0.3) is 21.4 Å². The number of rotatable bonds is 10. The summed E-state index contributed by atoms with van der Waals surface area (Å²) >= 11 is 9.23. The van der Waals surface area contributed by atoms with Gasteiger partial charge in [-0.25, -0.2) is 0 Å². The lowest BCUT2D eigenvalue weighted by Gasteiger charge is -2.27. The first-order valence-corrected chi connectivity index (χ1v) is 22.1. The Kier molecular flexibility index (Phi) is 10.3. The van der Waals surface area contributed by atoms with E-state index in [1.165, 1.54) is 55.9 Å². The minimum Gasteiger partial charge on any atom is -0.480 e. The number of thiophene rings is 1. The summed E-state index contributed by atoms with van der Waals surface area (Å²) in [6.45, 7) is 1.70. The van der Waals surface area contributed by atoms with Crippen LogP contribution < -0.4 is 19.7 Å². The zero-order valence-corrected chi connectivity index (χ0v) is 34.4. The molecule has 0 bridgehead atoms. The van der Waals surface area contributed by atoms with Crippen LogP contribution in [0, 0.1) is 0 Å². The Morgan fingerprint density at radius 3 is 2.28 bits per heavy atom. The minimum atomic E-state index is -1.15. The van der Waals surface area contributed by atoms with E-state index in [1.807, 2.05) is 13.0 Å². The second kappa shape index (κ2) is 15.7. The second-order valence-corrected chi connectivity index (χ2v) is 18.4. The van der Waals surface area contributed by atoms with Crippen LogP contribution in [0.4, 0.5) is 11.4 Å². The number of anilines is 2. The summed E-state index contributed by atoms with van der Waals surface area (Å²) in [6.07, 6.45) is 6.26. The van der Waals surface area contributed by atoms with Crippen LogP contribution in [0.15, 0.2) is 120 Å². The van der Waals surface area contributed by atoms with Gasteiger partial charge in [-0.3, -0.25) is 23.9 Å². The molecule has 9 rings (SSSR count). The molecule has 4 heterocycles. The average molecular weight is 826 g/mol. The van der Waals surface area contributed by atoms with E-state index >= 15 is 0 Å². The fraction of sp³-hybridized carbons (Fsp3) is 0.217. The summed E-state index contributed by atoms with van der Waals surface area (Å²) in [4.78, 5) is 44.8. The van der Waals surface area contributed by atoms with Gasteiger partial charge in [0.25, 0.3) is 11.5 Å². The molecule has 286 valence electrons. The molecule has 0 radical (unpaired) electrons. The number of carboxylic acid groups (broad SMARTS) is 1. The number of thiazole rings is 1. The molecule has 1 amide bonds. The van der Waals surface area contributed by atoms with Crippen LogP contribution in [0.2, 0.25) is 0 Å². The summed E-state index contributed by atoms with van der Waals surface area (Å²) in [5.74, 6) is -0.706. The predicted molar refractivity (Wildman–Crippen MR) is 237 cm³/mol. The molecule has 1 saturated carbocycles. The Bertz CT molecular complexity index is 2660. The number of carbonyl (C=O) groups excluding carboxylic acids is 1. The molecular weight excluding hydrogens is 787 g/mol. The summed E-state index contributed by atoms with van der Waals surface area (Å²) in [6, 6.07) is 42.1. The quantitative estimate of drug-likeness (QED) is 0.139. The van der Waals surface area contributed by atoms with E-state index in [9.17, 15) is 19.5 Å². The molecule has 2 fully saturated rings. The Labute approximate surface area is 348 Å². The summed E-state index contributed by atoms with van der Waals surface area (Å²) in [5, 5.41) is 9.62. The SMILES string of the molecule is CCN1C(=O)C(=c2sc(=Cc3ccc(-c4ccc5c(c4)C4CCCC4N5c4ccc(CC(c5ccccc5)c5ccccc5)cc4)s3)c(=O)n2CC(=O)O)SC1=S. The highest BCUT2D eigenvalue weighted by Crippen LogP contribution is 2.53. The van der Waals surface area contributed by atoms with Gasteiger partial charge >= 0.3 is 5.97 Å². The first-order valence-electron chi connectivity index (χ1n) is 19.2. The molecule has 2 unspecified atom stereocenters. The number of aromatic nitrogens is 1. The van der Waals surface area contributed by atoms with E-state index < -0.39 is 18.1 Å². The van der Waals surface area contributed by atoms with Gasteiger partial charge in [-0.15, -0.1) is 22.7 Å². The van der Waals surface area contributed by atoms with Gasteiger partial charge in [0.05, 0.1) is 4.53 Å². The Morgan fingerprint density at radius 2 is 1.61 bits per heavy atom. The molecule has 1 N–H and O–H groups in total. The summed E-state index contributed by atoms with van der Waals surface area (Å²) in [5.41, 5.74) is 8.57. The molecule has 7 nitrogen and oxygen atoms in total. The van der Waals surface area contributed by atoms with Gasteiger partial charge in [0.15, 0.2) is 0 Å². The Morgan fingerprint density at radius 1 is 0.895 bits per heavy atom. The fourth-order valence-electron chi connectivity index (χ4n) is 8.65. The van der Waals surface area contributed by atoms with E-state index in [0.717, 1.165) is 51.3 Å². The van der Waals surface area contributed by atoms with Gasteiger partial charge in [-0.2, -0.15) is 0 Å². The lowest BCUT2D eigenvalue weighted by molar-refractivity contribution is -0.137. The molecule has 3 aliphatic rings. The van der Waals surface area contributed by atoms with E-state index in [0.29, 0.717) is 36.9 Å². The number of aliphatic carboxylic acids is 1. The van der Waals surface area contributed by atoms with Gasteiger partial charge in [0, 0.05) is 45.6 Å². The molecule has 4 aromatic carbocycles. The lowest BCUT2D eigenvalue weighted by Crippen LogP contribution is -2.35. The number of hydrogen-bond acceptors (Lipinski definition) is 8. The highest BCUT2D eigenvalue weighted by Gasteiger charge is 2.42. The molecule has 1 aliphatic carbocycles. The highest BCUT2D eigenvalue weighted by atomic mass is 32.2. The molecule has 1 saturated heterocycles. The number of fused-ring (bicyclic) bond motifs is 3. The lowest BCUT2D eigenvalue weighted by atomic mass is 9.86. The van der Waals surface area contributed by atoms with Crippen molar-refractivity contribution in [3.05, 3.63) is 162 Å². The van der Waals surface area contributed by atoms with Crippen LogP contribution in [0.3, 0.4) is 0 Å². The zero-order chi connectivity index (χ0) is 39.2. The number of thiocarbonyl (C=S) groups is 1. The predicted octanol–water partition coefficient (Wildman–Crippen LogP) is 8.70. The van der Waals surface area contributed by atoms with E-state index in [-0.39, 0.29) is 11.8 Å². The smallest absolute Gasteiger partial charge is 0.323 e. The molecule has 2 aliphatic heterocycles. The normalized spacial score (nSPS) is 18.9. The second-order valence-electron chi connectivity index (χ2n) is 14.6. The Balaban J connectivity index is 0.999. The van der Waals surface area contributed by atoms with Gasteiger partial charge in [0.1, 0.15) is 20.4 Å². The first kappa shape index (κ1) is 37.5. The Hall–Kier alpha value is -5.07. The molecule has 11 heteroatoms. The van der Waals surface area contributed by atoms with Crippen molar-refractivity contribution >= 4 is 85.2 Å². The molecule has 2 atom stereocenters. The maximum atomic E-state index is 13.6. The zero-order valence-electron chi connectivity index (χ0n) is 31.2. The van der Waals surface area contributed by atoms with Crippen LogP contribution in [0.5, 0.6) is 0 Å². The van der Waals surface area contributed by atoms with E-state index in [1.54, 1.807) is 17.4 Å². The third-order valence-corrected chi connectivity index (χ3v) is 15.1. The van der Waals surface area contributed by atoms with Crippen molar-refractivity contribution in [3.63, 3.8) is 0 Å². The average Bonchev–Trinajstić information content (AvgIpc) is 4.06. The van der Waals surface area contributed by atoms with Crippen molar-refractivity contribution in [3.8, 4) is 10.4 Å².